The van der Waals surface area contributed by atoms with Crippen LogP contribution >= 0.6 is 12.4 Å². The molecule has 1 heterocycles. The summed E-state index contributed by atoms with van der Waals surface area (Å²) in [6, 6.07) is 16.0. The van der Waals surface area contributed by atoms with Crippen molar-refractivity contribution in [1.29, 1.82) is 0 Å². The Bertz CT molecular complexity index is 801. The summed E-state index contributed by atoms with van der Waals surface area (Å²) in [6.07, 6.45) is 2.38. The number of amides is 1. The molecular weight excluding hydrogens is 400 g/mol. The fourth-order valence-electron chi connectivity index (χ4n) is 3.85. The van der Waals surface area contributed by atoms with Crippen LogP contribution < -0.4 is 15.4 Å². The van der Waals surface area contributed by atoms with Crippen LogP contribution in [0.2, 0.25) is 0 Å². The quantitative estimate of drug-likeness (QED) is 0.634. The molecule has 0 aliphatic carbocycles. The third-order valence-corrected chi connectivity index (χ3v) is 5.69. The Hall–Kier alpha value is -2.08. The third-order valence-electron chi connectivity index (χ3n) is 5.69. The number of methoxy groups -OCH3 is 1. The molecule has 0 spiro atoms. The maximum atomic E-state index is 12.5. The zero-order valence-corrected chi connectivity index (χ0v) is 18.7. The van der Waals surface area contributed by atoms with Gasteiger partial charge in [0.25, 0.3) is 0 Å². The first kappa shape index (κ1) is 24.2. The predicted octanol–water partition coefficient (Wildman–Crippen LogP) is 3.67. The van der Waals surface area contributed by atoms with E-state index < -0.39 is 0 Å². The molecule has 0 atom stereocenters. The minimum absolute atomic E-state index is 0. The number of benzene rings is 2. The van der Waals surface area contributed by atoms with Gasteiger partial charge < -0.3 is 20.1 Å². The Balaban J connectivity index is 0.00000320. The van der Waals surface area contributed by atoms with Gasteiger partial charge in [0, 0.05) is 19.1 Å². The predicted molar refractivity (Wildman–Crippen MR) is 122 cm³/mol. The second-order valence-corrected chi connectivity index (χ2v) is 8.00. The number of halogens is 1. The highest BCUT2D eigenvalue weighted by atomic mass is 35.5. The fourth-order valence-corrected chi connectivity index (χ4v) is 3.85. The van der Waals surface area contributed by atoms with Gasteiger partial charge in [0.2, 0.25) is 5.91 Å². The standard InChI is InChI=1S/C24H32N2O3.ClH/c1-19-6-3-4-8-21(19)16-29-22-9-5-7-20(14-22)15-23(27)26-17-24(18-28-2)10-12-25-13-11-24;/h3-9,14,25H,10-13,15-18H2,1-2H3,(H,26,27);1H. The molecule has 0 saturated carbocycles. The lowest BCUT2D eigenvalue weighted by atomic mass is 9.79. The van der Waals surface area contributed by atoms with E-state index in [2.05, 4.69) is 29.7 Å². The van der Waals surface area contributed by atoms with Crippen molar-refractivity contribution in [2.45, 2.75) is 32.8 Å². The molecule has 2 aromatic rings. The summed E-state index contributed by atoms with van der Waals surface area (Å²) in [4.78, 5) is 12.5. The third kappa shape index (κ3) is 7.01. The Labute approximate surface area is 186 Å². The van der Waals surface area contributed by atoms with E-state index in [-0.39, 0.29) is 23.7 Å². The van der Waals surface area contributed by atoms with Crippen molar-refractivity contribution in [3.8, 4) is 5.75 Å². The second-order valence-electron chi connectivity index (χ2n) is 8.00. The lowest BCUT2D eigenvalue weighted by Crippen LogP contribution is -2.47. The van der Waals surface area contributed by atoms with Gasteiger partial charge in [-0.15, -0.1) is 12.4 Å². The first-order valence-electron chi connectivity index (χ1n) is 10.3. The summed E-state index contributed by atoms with van der Waals surface area (Å²) in [6.45, 7) is 5.88. The number of rotatable bonds is 9. The Morgan fingerprint density at radius 3 is 2.63 bits per heavy atom. The normalized spacial score (nSPS) is 15.1. The Kier molecular flexibility index (Phi) is 9.63. The van der Waals surface area contributed by atoms with Gasteiger partial charge in [0.05, 0.1) is 13.0 Å². The van der Waals surface area contributed by atoms with E-state index in [9.17, 15) is 4.79 Å². The molecule has 1 amide bonds. The minimum atomic E-state index is 0. The summed E-state index contributed by atoms with van der Waals surface area (Å²) in [5.41, 5.74) is 3.37. The Morgan fingerprint density at radius 1 is 1.13 bits per heavy atom. The first-order valence-corrected chi connectivity index (χ1v) is 10.3. The van der Waals surface area contributed by atoms with Crippen molar-refractivity contribution in [2.75, 3.05) is 33.4 Å². The van der Waals surface area contributed by atoms with E-state index >= 15 is 0 Å². The number of ether oxygens (including phenoxy) is 2. The second kappa shape index (κ2) is 11.9. The van der Waals surface area contributed by atoms with E-state index in [4.69, 9.17) is 9.47 Å². The molecule has 0 bridgehead atoms. The van der Waals surface area contributed by atoms with E-state index in [1.54, 1.807) is 7.11 Å². The first-order chi connectivity index (χ1) is 14.1. The number of carbonyl (C=O) groups excluding carboxylic acids is 1. The molecule has 0 aromatic heterocycles. The van der Waals surface area contributed by atoms with Crippen LogP contribution in [0.25, 0.3) is 0 Å². The van der Waals surface area contributed by atoms with Gasteiger partial charge in [-0.05, 0) is 61.7 Å². The molecular formula is C24H33ClN2O3. The number of carbonyl (C=O) groups is 1. The number of piperidine rings is 1. The zero-order valence-electron chi connectivity index (χ0n) is 17.9. The van der Waals surface area contributed by atoms with Crippen molar-refractivity contribution in [3.63, 3.8) is 0 Å². The van der Waals surface area contributed by atoms with Crippen molar-refractivity contribution in [1.82, 2.24) is 10.6 Å². The van der Waals surface area contributed by atoms with Gasteiger partial charge in [-0.25, -0.2) is 0 Å². The minimum Gasteiger partial charge on any atom is -0.489 e. The summed E-state index contributed by atoms with van der Waals surface area (Å²) < 4.78 is 11.4. The van der Waals surface area contributed by atoms with Crippen LogP contribution in [-0.2, 0) is 22.6 Å². The molecule has 5 nitrogen and oxygen atoms in total. The molecule has 164 valence electrons. The summed E-state index contributed by atoms with van der Waals surface area (Å²) in [7, 11) is 1.73. The molecule has 0 radical (unpaired) electrons. The summed E-state index contributed by atoms with van der Waals surface area (Å²) >= 11 is 0. The monoisotopic (exact) mass is 432 g/mol. The molecule has 1 fully saturated rings. The topological polar surface area (TPSA) is 59.6 Å². The van der Waals surface area contributed by atoms with Crippen molar-refractivity contribution >= 4 is 18.3 Å². The van der Waals surface area contributed by atoms with Gasteiger partial charge in [0.15, 0.2) is 0 Å². The van der Waals surface area contributed by atoms with E-state index in [0.717, 1.165) is 37.2 Å². The molecule has 2 N–H and O–H groups in total. The number of aryl methyl sites for hydroxylation is 1. The molecule has 6 heteroatoms. The Morgan fingerprint density at radius 2 is 1.90 bits per heavy atom. The van der Waals surface area contributed by atoms with Crippen LogP contribution in [0.1, 0.15) is 29.5 Å². The van der Waals surface area contributed by atoms with Crippen LogP contribution in [0.3, 0.4) is 0 Å². The highest BCUT2D eigenvalue weighted by Gasteiger charge is 2.32. The molecule has 30 heavy (non-hydrogen) atoms. The van der Waals surface area contributed by atoms with Crippen LogP contribution in [0, 0.1) is 12.3 Å². The molecule has 0 unspecified atom stereocenters. The van der Waals surface area contributed by atoms with Crippen LogP contribution in [0.5, 0.6) is 5.75 Å². The van der Waals surface area contributed by atoms with Crippen LogP contribution in [0.15, 0.2) is 48.5 Å². The van der Waals surface area contributed by atoms with E-state index in [1.807, 2.05) is 36.4 Å². The summed E-state index contributed by atoms with van der Waals surface area (Å²) in [5, 5.41) is 6.50. The average molecular weight is 433 g/mol. The van der Waals surface area contributed by atoms with Crippen molar-refractivity contribution < 1.29 is 14.3 Å². The maximum absolute atomic E-state index is 12.5. The van der Waals surface area contributed by atoms with Crippen molar-refractivity contribution in [2.24, 2.45) is 5.41 Å². The zero-order chi connectivity index (χ0) is 20.5. The van der Waals surface area contributed by atoms with E-state index in [1.165, 1.54) is 11.1 Å². The maximum Gasteiger partial charge on any atom is 0.224 e. The van der Waals surface area contributed by atoms with Gasteiger partial charge in [-0.3, -0.25) is 4.79 Å². The number of hydrogen-bond donors (Lipinski definition) is 2. The highest BCUT2D eigenvalue weighted by Crippen LogP contribution is 2.28. The molecule has 1 saturated heterocycles. The molecule has 1 aliphatic heterocycles. The molecule has 2 aromatic carbocycles. The fraction of sp³-hybridized carbons (Fsp3) is 0.458. The lowest BCUT2D eigenvalue weighted by molar-refractivity contribution is -0.121. The largest absolute Gasteiger partial charge is 0.489 e. The summed E-state index contributed by atoms with van der Waals surface area (Å²) in [5.74, 6) is 0.822. The lowest BCUT2D eigenvalue weighted by Gasteiger charge is -2.37. The van der Waals surface area contributed by atoms with Gasteiger partial charge in [-0.2, -0.15) is 0 Å². The van der Waals surface area contributed by atoms with Crippen LogP contribution in [0.4, 0.5) is 0 Å². The molecule has 3 rings (SSSR count). The van der Waals surface area contributed by atoms with Crippen molar-refractivity contribution in [3.05, 3.63) is 65.2 Å². The van der Waals surface area contributed by atoms with Gasteiger partial charge in [0.1, 0.15) is 12.4 Å². The van der Waals surface area contributed by atoms with Gasteiger partial charge >= 0.3 is 0 Å². The number of hydrogen-bond acceptors (Lipinski definition) is 4. The van der Waals surface area contributed by atoms with Gasteiger partial charge in [-0.1, -0.05) is 36.4 Å². The SMILES string of the molecule is COCC1(CNC(=O)Cc2cccc(OCc3ccccc3C)c2)CCNCC1.Cl. The van der Waals surface area contributed by atoms with Crippen LogP contribution in [-0.4, -0.2) is 39.3 Å². The highest BCUT2D eigenvalue weighted by molar-refractivity contribution is 5.85. The van der Waals surface area contributed by atoms with E-state index in [0.29, 0.717) is 26.2 Å². The number of nitrogens with one attached hydrogen (secondary N) is 2. The smallest absolute Gasteiger partial charge is 0.224 e. The molecule has 1 aliphatic rings. The average Bonchev–Trinajstić information content (AvgIpc) is 2.73.